The maximum Gasteiger partial charge on any atom is 0.122 e. The van der Waals surface area contributed by atoms with Crippen LogP contribution in [0, 0.1) is 0 Å². The molecule has 0 heterocycles. The highest BCUT2D eigenvalue weighted by molar-refractivity contribution is 9.10. The van der Waals surface area contributed by atoms with Crippen molar-refractivity contribution >= 4 is 31.9 Å². The smallest absolute Gasteiger partial charge is 0.122 e. The molecule has 0 saturated heterocycles. The molecule has 1 aromatic rings. The summed E-state index contributed by atoms with van der Waals surface area (Å²) in [5.74, 6) is -0.0227. The summed E-state index contributed by atoms with van der Waals surface area (Å²) in [4.78, 5) is 0. The highest BCUT2D eigenvalue weighted by Gasteiger charge is 2.20. The van der Waals surface area contributed by atoms with Crippen LogP contribution in [0.5, 0.6) is 5.75 Å². The van der Waals surface area contributed by atoms with E-state index in [9.17, 15) is 15.3 Å². The number of hydrogen-bond acceptors (Lipinski definition) is 3. The molecule has 5 heteroatoms. The highest BCUT2D eigenvalue weighted by atomic mass is 79.9. The maximum absolute atomic E-state index is 9.75. The molecule has 0 radical (unpaired) electrons. The third kappa shape index (κ3) is 3.45. The normalized spacial score (nSPS) is 14.9. The van der Waals surface area contributed by atoms with Crippen LogP contribution in [0.1, 0.15) is 18.1 Å². The molecule has 3 nitrogen and oxygen atoms in total. The lowest BCUT2D eigenvalue weighted by Gasteiger charge is -2.18. The molecule has 0 spiro atoms. The Labute approximate surface area is 105 Å². The molecule has 1 aromatic carbocycles. The molecule has 0 amide bonds. The summed E-state index contributed by atoms with van der Waals surface area (Å²) in [5.41, 5.74) is 0.339. The molecular weight excluding hydrogens is 328 g/mol. The van der Waals surface area contributed by atoms with Crippen LogP contribution in [0.15, 0.2) is 22.7 Å². The Morgan fingerprint density at radius 1 is 1.27 bits per heavy atom. The van der Waals surface area contributed by atoms with Crippen LogP contribution in [-0.4, -0.2) is 26.8 Å². The fourth-order valence-electron chi connectivity index (χ4n) is 1.24. The van der Waals surface area contributed by atoms with Gasteiger partial charge in [0.2, 0.25) is 0 Å². The van der Waals surface area contributed by atoms with Gasteiger partial charge in [0.05, 0.1) is 6.10 Å². The van der Waals surface area contributed by atoms with Gasteiger partial charge in [-0.2, -0.15) is 0 Å². The third-order valence-electron chi connectivity index (χ3n) is 2.08. The topological polar surface area (TPSA) is 60.7 Å². The van der Waals surface area contributed by atoms with Crippen molar-refractivity contribution in [2.24, 2.45) is 0 Å². The summed E-state index contributed by atoms with van der Waals surface area (Å²) < 4.78 is 0.728. The van der Waals surface area contributed by atoms with Crippen molar-refractivity contribution in [3.05, 3.63) is 28.2 Å². The van der Waals surface area contributed by atoms with Crippen molar-refractivity contribution in [2.75, 3.05) is 5.33 Å². The second kappa shape index (κ2) is 5.84. The summed E-state index contributed by atoms with van der Waals surface area (Å²) in [6.07, 6.45) is -1.51. The minimum absolute atomic E-state index is 0.0227. The molecule has 2 atom stereocenters. The van der Waals surface area contributed by atoms with Gasteiger partial charge in [-0.25, -0.2) is 0 Å². The second-order valence-corrected chi connectivity index (χ2v) is 4.90. The summed E-state index contributed by atoms with van der Waals surface area (Å²) in [7, 11) is 0. The number of hydrogen-bond donors (Lipinski definition) is 3. The molecule has 2 unspecified atom stereocenters. The minimum Gasteiger partial charge on any atom is -0.508 e. The van der Waals surface area contributed by atoms with Crippen molar-refractivity contribution < 1.29 is 15.3 Å². The summed E-state index contributed by atoms with van der Waals surface area (Å²) in [6.45, 7) is 0. The number of rotatable bonds is 4. The Balaban J connectivity index is 2.86. The lowest BCUT2D eigenvalue weighted by Crippen LogP contribution is -2.18. The van der Waals surface area contributed by atoms with Crippen LogP contribution in [-0.2, 0) is 0 Å². The third-order valence-corrected chi connectivity index (χ3v) is 3.03. The van der Waals surface area contributed by atoms with Gasteiger partial charge >= 0.3 is 0 Å². The molecule has 15 heavy (non-hydrogen) atoms. The Morgan fingerprint density at radius 3 is 2.47 bits per heavy atom. The van der Waals surface area contributed by atoms with Gasteiger partial charge in [0.25, 0.3) is 0 Å². The van der Waals surface area contributed by atoms with Crippen molar-refractivity contribution in [1.82, 2.24) is 0 Å². The molecule has 0 bridgehead atoms. The predicted octanol–water partition coefficient (Wildman–Crippen LogP) is 2.33. The average Bonchev–Trinajstić information content (AvgIpc) is 2.17. The van der Waals surface area contributed by atoms with E-state index in [1.807, 2.05) is 0 Å². The van der Waals surface area contributed by atoms with Gasteiger partial charge in [0, 0.05) is 15.4 Å². The van der Waals surface area contributed by atoms with Gasteiger partial charge < -0.3 is 15.3 Å². The van der Waals surface area contributed by atoms with E-state index < -0.39 is 12.2 Å². The number of phenols is 1. The fourth-order valence-corrected chi connectivity index (χ4v) is 2.06. The van der Waals surface area contributed by atoms with Crippen LogP contribution in [0.3, 0.4) is 0 Å². The quantitative estimate of drug-likeness (QED) is 0.738. The maximum atomic E-state index is 9.75. The van der Waals surface area contributed by atoms with Gasteiger partial charge in [0.1, 0.15) is 11.9 Å². The second-order valence-electron chi connectivity index (χ2n) is 3.19. The van der Waals surface area contributed by atoms with Crippen LogP contribution in [0.2, 0.25) is 0 Å². The molecular formula is C10H12Br2O3. The van der Waals surface area contributed by atoms with Crippen molar-refractivity contribution in [1.29, 1.82) is 0 Å². The van der Waals surface area contributed by atoms with Crippen LogP contribution >= 0.6 is 31.9 Å². The monoisotopic (exact) mass is 338 g/mol. The molecule has 3 N–H and O–H groups in total. The number of phenolic OH excluding ortho intramolecular Hbond substituents is 1. The fraction of sp³-hybridized carbons (Fsp3) is 0.400. The van der Waals surface area contributed by atoms with Gasteiger partial charge in [0.15, 0.2) is 0 Å². The summed E-state index contributed by atoms with van der Waals surface area (Å²) >= 11 is 6.38. The van der Waals surface area contributed by atoms with Gasteiger partial charge in [-0.05, 0) is 18.6 Å². The largest absolute Gasteiger partial charge is 0.508 e. The number of halogens is 2. The van der Waals surface area contributed by atoms with E-state index in [0.717, 1.165) is 4.47 Å². The number of aromatic hydroxyl groups is 1. The minimum atomic E-state index is -1.06. The van der Waals surface area contributed by atoms with Crippen LogP contribution in [0.25, 0.3) is 0 Å². The zero-order valence-corrected chi connectivity index (χ0v) is 11.1. The SMILES string of the molecule is Oc1cc(Br)ccc1C(O)C(O)CCBr. The average molecular weight is 340 g/mol. The van der Waals surface area contributed by atoms with Crippen molar-refractivity contribution in [3.8, 4) is 5.75 Å². The highest BCUT2D eigenvalue weighted by Crippen LogP contribution is 2.30. The first-order chi connectivity index (χ1) is 7.06. The van der Waals surface area contributed by atoms with E-state index in [-0.39, 0.29) is 5.75 Å². The number of benzene rings is 1. The molecule has 0 saturated carbocycles. The molecule has 1 rings (SSSR count). The molecule has 84 valence electrons. The van der Waals surface area contributed by atoms with Crippen LogP contribution < -0.4 is 0 Å². The first-order valence-electron chi connectivity index (χ1n) is 4.46. The first kappa shape index (κ1) is 13.0. The zero-order chi connectivity index (χ0) is 11.4. The Morgan fingerprint density at radius 2 is 1.93 bits per heavy atom. The Bertz CT molecular complexity index is 330. The van der Waals surface area contributed by atoms with Gasteiger partial charge in [-0.1, -0.05) is 37.9 Å². The van der Waals surface area contributed by atoms with Gasteiger partial charge in [-0.15, -0.1) is 0 Å². The number of aliphatic hydroxyl groups excluding tert-OH is 2. The number of alkyl halides is 1. The molecule has 0 aromatic heterocycles. The van der Waals surface area contributed by atoms with E-state index in [2.05, 4.69) is 31.9 Å². The molecule has 0 fully saturated rings. The number of aliphatic hydroxyl groups is 2. The summed E-state index contributed by atoms with van der Waals surface area (Å²) in [5, 5.41) is 29.5. The van der Waals surface area contributed by atoms with E-state index in [4.69, 9.17) is 0 Å². The zero-order valence-electron chi connectivity index (χ0n) is 7.90. The van der Waals surface area contributed by atoms with E-state index in [1.54, 1.807) is 12.1 Å². The predicted molar refractivity (Wildman–Crippen MR) is 65.2 cm³/mol. The lowest BCUT2D eigenvalue weighted by molar-refractivity contribution is 0.0160. The molecule has 0 aliphatic heterocycles. The van der Waals surface area contributed by atoms with Gasteiger partial charge in [-0.3, -0.25) is 0 Å². The first-order valence-corrected chi connectivity index (χ1v) is 6.38. The molecule has 0 aliphatic carbocycles. The van der Waals surface area contributed by atoms with Crippen molar-refractivity contribution in [2.45, 2.75) is 18.6 Å². The Kier molecular flexibility index (Phi) is 5.05. The van der Waals surface area contributed by atoms with Crippen LogP contribution in [0.4, 0.5) is 0 Å². The van der Waals surface area contributed by atoms with E-state index in [1.165, 1.54) is 6.07 Å². The van der Waals surface area contributed by atoms with E-state index >= 15 is 0 Å². The molecule has 0 aliphatic rings. The standard InChI is InChI=1S/C10H12Br2O3/c11-4-3-8(13)10(15)7-2-1-6(12)5-9(7)14/h1-2,5,8,10,13-15H,3-4H2. The lowest BCUT2D eigenvalue weighted by atomic mass is 10.0. The Hall–Kier alpha value is -0.100. The summed E-state index contributed by atoms with van der Waals surface area (Å²) in [6, 6.07) is 4.78. The van der Waals surface area contributed by atoms with Crippen molar-refractivity contribution in [3.63, 3.8) is 0 Å². The van der Waals surface area contributed by atoms with E-state index in [0.29, 0.717) is 17.3 Å².